The summed E-state index contributed by atoms with van der Waals surface area (Å²) in [6, 6.07) is 0. The Morgan fingerprint density at radius 3 is 2.20 bits per heavy atom. The second kappa shape index (κ2) is 5.44. The van der Waals surface area contributed by atoms with Crippen LogP contribution >= 0.6 is 11.6 Å². The standard InChI is InChI=1S/C15H17ClN2O2/c16-11-9-12(17-7-1-3-14(17)19)5-6-13(10-11)18-8-2-4-15(18)20/h5,9-10H,1-4,6-8H2. The maximum absolute atomic E-state index is 11.8. The molecule has 4 nitrogen and oxygen atoms in total. The Morgan fingerprint density at radius 1 is 0.950 bits per heavy atom. The predicted molar refractivity (Wildman–Crippen MR) is 76.6 cm³/mol. The molecule has 0 aromatic rings. The number of rotatable bonds is 2. The molecule has 1 aliphatic carbocycles. The van der Waals surface area contributed by atoms with E-state index in [9.17, 15) is 9.59 Å². The molecule has 0 atom stereocenters. The first-order chi connectivity index (χ1) is 9.65. The lowest BCUT2D eigenvalue weighted by Gasteiger charge is -2.19. The van der Waals surface area contributed by atoms with Gasteiger partial charge < -0.3 is 9.80 Å². The van der Waals surface area contributed by atoms with Crippen LogP contribution in [0.25, 0.3) is 0 Å². The molecule has 2 saturated heterocycles. The zero-order chi connectivity index (χ0) is 14.1. The van der Waals surface area contributed by atoms with Crippen LogP contribution in [0.15, 0.2) is 34.7 Å². The predicted octanol–water partition coefficient (Wildman–Crippen LogP) is 2.53. The molecule has 2 fully saturated rings. The fourth-order valence-corrected chi connectivity index (χ4v) is 3.16. The third-order valence-corrected chi connectivity index (χ3v) is 4.13. The number of carbonyl (C=O) groups is 2. The topological polar surface area (TPSA) is 40.6 Å². The maximum Gasteiger partial charge on any atom is 0.227 e. The minimum absolute atomic E-state index is 0.151. The highest BCUT2D eigenvalue weighted by Gasteiger charge is 2.26. The van der Waals surface area contributed by atoms with Gasteiger partial charge in [-0.1, -0.05) is 17.7 Å². The quantitative estimate of drug-likeness (QED) is 0.785. The highest BCUT2D eigenvalue weighted by Crippen LogP contribution is 2.28. The van der Waals surface area contributed by atoms with E-state index in [0.717, 1.165) is 37.3 Å². The number of hydrogen-bond donors (Lipinski definition) is 0. The van der Waals surface area contributed by atoms with Crippen LogP contribution in [0.4, 0.5) is 0 Å². The van der Waals surface area contributed by atoms with Crippen molar-refractivity contribution < 1.29 is 9.59 Å². The van der Waals surface area contributed by atoms with Crippen LogP contribution in [0.5, 0.6) is 0 Å². The van der Waals surface area contributed by atoms with Crippen LogP contribution in [0.2, 0.25) is 0 Å². The normalized spacial score (nSPS) is 23.8. The molecule has 3 rings (SSSR count). The van der Waals surface area contributed by atoms with Gasteiger partial charge in [-0.05, 0) is 25.0 Å². The molecule has 20 heavy (non-hydrogen) atoms. The first-order valence-corrected chi connectivity index (χ1v) is 7.41. The molecule has 0 aromatic heterocycles. The van der Waals surface area contributed by atoms with Crippen molar-refractivity contribution >= 4 is 23.4 Å². The van der Waals surface area contributed by atoms with Crippen molar-refractivity contribution in [2.45, 2.75) is 32.1 Å². The summed E-state index contributed by atoms with van der Waals surface area (Å²) in [6.45, 7) is 1.52. The van der Waals surface area contributed by atoms with Gasteiger partial charge in [-0.3, -0.25) is 9.59 Å². The van der Waals surface area contributed by atoms with Crippen molar-refractivity contribution in [1.29, 1.82) is 0 Å². The van der Waals surface area contributed by atoms with Crippen molar-refractivity contribution in [2.24, 2.45) is 0 Å². The second-order valence-corrected chi connectivity index (χ2v) is 5.73. The van der Waals surface area contributed by atoms with Crippen molar-refractivity contribution in [3.05, 3.63) is 34.7 Å². The van der Waals surface area contributed by atoms with Crippen LogP contribution in [0.1, 0.15) is 32.1 Å². The van der Waals surface area contributed by atoms with Crippen LogP contribution in [0, 0.1) is 0 Å². The molecule has 2 amide bonds. The maximum atomic E-state index is 11.8. The van der Waals surface area contributed by atoms with E-state index in [1.165, 1.54) is 0 Å². The Bertz CT molecular complexity index is 548. The van der Waals surface area contributed by atoms with Crippen LogP contribution < -0.4 is 0 Å². The highest BCUT2D eigenvalue weighted by molar-refractivity contribution is 6.31. The van der Waals surface area contributed by atoms with E-state index in [4.69, 9.17) is 11.6 Å². The number of nitrogens with zero attached hydrogens (tertiary/aromatic N) is 2. The van der Waals surface area contributed by atoms with Crippen molar-refractivity contribution in [3.63, 3.8) is 0 Å². The number of halogens is 1. The minimum Gasteiger partial charge on any atom is -0.316 e. The van der Waals surface area contributed by atoms with E-state index in [2.05, 4.69) is 0 Å². The molecule has 3 aliphatic rings. The average molecular weight is 293 g/mol. The second-order valence-electron chi connectivity index (χ2n) is 5.30. The number of carbonyl (C=O) groups excluding carboxylic acids is 2. The summed E-state index contributed by atoms with van der Waals surface area (Å²) >= 11 is 6.23. The van der Waals surface area contributed by atoms with E-state index in [0.29, 0.717) is 24.3 Å². The Balaban J connectivity index is 1.82. The lowest BCUT2D eigenvalue weighted by atomic mass is 10.2. The molecule has 2 heterocycles. The molecule has 2 aliphatic heterocycles. The van der Waals surface area contributed by atoms with Gasteiger partial charge in [0.1, 0.15) is 0 Å². The van der Waals surface area contributed by atoms with Crippen LogP contribution in [0.3, 0.4) is 0 Å². The average Bonchev–Trinajstić information content (AvgIpc) is 2.97. The Kier molecular flexibility index (Phi) is 3.66. The zero-order valence-electron chi connectivity index (χ0n) is 11.3. The number of hydrogen-bond acceptors (Lipinski definition) is 2. The SMILES string of the molecule is O=C1CCCN1C1=CCC(N2CCCC2=O)=CC(Cl)=C1. The van der Waals surface area contributed by atoms with E-state index in [1.807, 2.05) is 23.1 Å². The number of allylic oxidation sites excluding steroid dienone is 4. The fraction of sp³-hybridized carbons (Fsp3) is 0.467. The van der Waals surface area contributed by atoms with Gasteiger partial charge in [0.05, 0.1) is 0 Å². The minimum atomic E-state index is 0.151. The largest absolute Gasteiger partial charge is 0.316 e. The van der Waals surface area contributed by atoms with E-state index < -0.39 is 0 Å². The van der Waals surface area contributed by atoms with Gasteiger partial charge in [0.2, 0.25) is 11.8 Å². The molecule has 0 radical (unpaired) electrons. The van der Waals surface area contributed by atoms with Crippen LogP contribution in [-0.2, 0) is 9.59 Å². The summed E-state index contributed by atoms with van der Waals surface area (Å²) in [7, 11) is 0. The third kappa shape index (κ3) is 2.52. The van der Waals surface area contributed by atoms with Gasteiger partial charge in [0.25, 0.3) is 0 Å². The first-order valence-electron chi connectivity index (χ1n) is 7.04. The van der Waals surface area contributed by atoms with Gasteiger partial charge in [-0.15, -0.1) is 0 Å². The zero-order valence-corrected chi connectivity index (χ0v) is 12.0. The van der Waals surface area contributed by atoms with Gasteiger partial charge in [-0.2, -0.15) is 0 Å². The van der Waals surface area contributed by atoms with Crippen LogP contribution in [-0.4, -0.2) is 34.7 Å². The van der Waals surface area contributed by atoms with Crippen molar-refractivity contribution in [3.8, 4) is 0 Å². The van der Waals surface area contributed by atoms with Gasteiger partial charge in [0.15, 0.2) is 0 Å². The van der Waals surface area contributed by atoms with E-state index >= 15 is 0 Å². The molecule has 0 N–H and O–H groups in total. The smallest absolute Gasteiger partial charge is 0.227 e. The van der Waals surface area contributed by atoms with Gasteiger partial charge in [-0.25, -0.2) is 0 Å². The Hall–Kier alpha value is -1.55. The highest BCUT2D eigenvalue weighted by atomic mass is 35.5. The molecule has 0 unspecified atom stereocenters. The molecule has 0 spiro atoms. The van der Waals surface area contributed by atoms with Crippen molar-refractivity contribution in [1.82, 2.24) is 9.80 Å². The summed E-state index contributed by atoms with van der Waals surface area (Å²) < 4.78 is 0. The van der Waals surface area contributed by atoms with Gasteiger partial charge >= 0.3 is 0 Å². The molecule has 0 bridgehead atoms. The molecular weight excluding hydrogens is 276 g/mol. The molecular formula is C15H17ClN2O2. The lowest BCUT2D eigenvalue weighted by Crippen LogP contribution is -2.24. The molecule has 0 saturated carbocycles. The number of likely N-dealkylation sites (tertiary alicyclic amines) is 2. The van der Waals surface area contributed by atoms with Crippen molar-refractivity contribution in [2.75, 3.05) is 13.1 Å². The summed E-state index contributed by atoms with van der Waals surface area (Å²) in [5.74, 6) is 0.312. The summed E-state index contributed by atoms with van der Waals surface area (Å²) in [5.41, 5.74) is 1.78. The van der Waals surface area contributed by atoms with E-state index in [1.54, 1.807) is 4.90 Å². The molecule has 0 aromatic carbocycles. The van der Waals surface area contributed by atoms with Gasteiger partial charge in [0, 0.05) is 48.8 Å². The fourth-order valence-electron chi connectivity index (χ4n) is 2.92. The lowest BCUT2D eigenvalue weighted by molar-refractivity contribution is -0.126. The molecule has 5 heteroatoms. The number of amides is 2. The van der Waals surface area contributed by atoms with E-state index in [-0.39, 0.29) is 11.8 Å². The molecule has 106 valence electrons. The summed E-state index contributed by atoms with van der Waals surface area (Å²) in [6.07, 6.45) is 9.31. The first kappa shape index (κ1) is 13.4. The summed E-state index contributed by atoms with van der Waals surface area (Å²) in [5, 5.41) is 0.572. The monoisotopic (exact) mass is 292 g/mol. The Labute approximate surface area is 123 Å². The third-order valence-electron chi connectivity index (χ3n) is 3.92. The Morgan fingerprint density at radius 2 is 1.60 bits per heavy atom. The summed E-state index contributed by atoms with van der Waals surface area (Å²) in [4.78, 5) is 27.2.